The molecule has 0 spiro atoms. The Hall–Kier alpha value is -1.70. The van der Waals surface area contributed by atoms with E-state index in [2.05, 4.69) is 27.7 Å². The third-order valence-corrected chi connectivity index (χ3v) is 5.41. The third kappa shape index (κ3) is 2.99. The summed E-state index contributed by atoms with van der Waals surface area (Å²) in [5, 5.41) is 6.27. The van der Waals surface area contributed by atoms with E-state index in [0.717, 1.165) is 13.0 Å². The molecule has 3 N–H and O–H groups in total. The molecule has 0 saturated heterocycles. The van der Waals surface area contributed by atoms with Crippen LogP contribution in [0.3, 0.4) is 0 Å². The van der Waals surface area contributed by atoms with Crippen LogP contribution in [-0.4, -0.2) is 29.9 Å². The summed E-state index contributed by atoms with van der Waals surface area (Å²) < 4.78 is 0. The van der Waals surface area contributed by atoms with Crippen LogP contribution in [0, 0.1) is 0 Å². The normalized spacial score (nSPS) is 18.2. The van der Waals surface area contributed by atoms with Gasteiger partial charge in [-0.15, -0.1) is 22.7 Å². The number of amides is 3. The Balaban J connectivity index is 1.86. The Morgan fingerprint density at radius 1 is 1.33 bits per heavy atom. The van der Waals surface area contributed by atoms with Gasteiger partial charge in [0.1, 0.15) is 0 Å². The molecule has 110 valence electrons. The average Bonchev–Trinajstić information content (AvgIpc) is 3.07. The van der Waals surface area contributed by atoms with Gasteiger partial charge in [0.25, 0.3) is 0 Å². The lowest BCUT2D eigenvalue weighted by Crippen LogP contribution is -2.45. The minimum atomic E-state index is -0.805. The lowest BCUT2D eigenvalue weighted by molar-refractivity contribution is -0.121. The van der Waals surface area contributed by atoms with Gasteiger partial charge in [-0.2, -0.15) is 0 Å². The number of nitrogens with two attached hydrogens (primary N) is 1. The van der Waals surface area contributed by atoms with Gasteiger partial charge in [0.05, 0.1) is 12.6 Å². The van der Waals surface area contributed by atoms with Gasteiger partial charge in [0.15, 0.2) is 0 Å². The molecule has 5 nitrogen and oxygen atoms in total. The van der Waals surface area contributed by atoms with Crippen LogP contribution >= 0.6 is 22.7 Å². The van der Waals surface area contributed by atoms with Gasteiger partial charge in [-0.05, 0) is 34.9 Å². The molecule has 3 amide bonds. The maximum atomic E-state index is 11.8. The molecular formula is C14H15N3O2S2. The Bertz CT molecular complexity index is 651. The van der Waals surface area contributed by atoms with Crippen molar-refractivity contribution >= 4 is 34.6 Å². The van der Waals surface area contributed by atoms with E-state index in [-0.39, 0.29) is 18.5 Å². The number of imide groups is 1. The molecule has 1 atom stereocenters. The molecule has 7 heteroatoms. The Morgan fingerprint density at radius 3 is 2.90 bits per heavy atom. The van der Waals surface area contributed by atoms with E-state index in [1.807, 2.05) is 11.4 Å². The van der Waals surface area contributed by atoms with Crippen molar-refractivity contribution in [3.8, 4) is 0 Å². The van der Waals surface area contributed by atoms with E-state index in [0.29, 0.717) is 0 Å². The van der Waals surface area contributed by atoms with Crippen LogP contribution in [0.25, 0.3) is 0 Å². The summed E-state index contributed by atoms with van der Waals surface area (Å²) in [6.07, 6.45) is 0.929. The monoisotopic (exact) mass is 321 g/mol. The molecule has 0 aromatic carbocycles. The molecule has 0 fully saturated rings. The first kappa shape index (κ1) is 14.2. The molecule has 3 rings (SSSR count). The second kappa shape index (κ2) is 5.97. The average molecular weight is 321 g/mol. The first-order valence-electron chi connectivity index (χ1n) is 6.58. The minimum Gasteiger partial charge on any atom is -0.351 e. The van der Waals surface area contributed by atoms with Gasteiger partial charge >= 0.3 is 6.03 Å². The van der Waals surface area contributed by atoms with Crippen LogP contribution in [-0.2, 0) is 11.2 Å². The maximum absolute atomic E-state index is 11.8. The van der Waals surface area contributed by atoms with Crippen molar-refractivity contribution in [3.63, 3.8) is 0 Å². The molecule has 3 heterocycles. The number of fused-ring (bicyclic) bond motifs is 1. The zero-order valence-electron chi connectivity index (χ0n) is 11.2. The van der Waals surface area contributed by atoms with Crippen LogP contribution in [0.15, 0.2) is 29.0 Å². The molecule has 2 aromatic heterocycles. The Labute approximate surface area is 130 Å². The molecule has 0 bridgehead atoms. The summed E-state index contributed by atoms with van der Waals surface area (Å²) in [4.78, 5) is 27.3. The molecule has 21 heavy (non-hydrogen) atoms. The van der Waals surface area contributed by atoms with E-state index < -0.39 is 6.03 Å². The molecule has 2 aromatic rings. The fourth-order valence-corrected chi connectivity index (χ4v) is 4.46. The number of primary amides is 1. The van der Waals surface area contributed by atoms with E-state index in [1.165, 1.54) is 15.3 Å². The van der Waals surface area contributed by atoms with Gasteiger partial charge in [-0.3, -0.25) is 15.0 Å². The molecular weight excluding hydrogens is 306 g/mol. The number of urea groups is 1. The quantitative estimate of drug-likeness (QED) is 0.907. The molecule has 1 unspecified atom stereocenters. The van der Waals surface area contributed by atoms with Crippen molar-refractivity contribution in [1.82, 2.24) is 10.2 Å². The van der Waals surface area contributed by atoms with E-state index >= 15 is 0 Å². The number of hydrogen-bond donors (Lipinski definition) is 2. The van der Waals surface area contributed by atoms with Crippen molar-refractivity contribution < 1.29 is 9.59 Å². The van der Waals surface area contributed by atoms with Crippen molar-refractivity contribution in [1.29, 1.82) is 0 Å². The fourth-order valence-electron chi connectivity index (χ4n) is 2.68. The van der Waals surface area contributed by atoms with E-state index in [4.69, 9.17) is 5.73 Å². The fraction of sp³-hybridized carbons (Fsp3) is 0.286. The first-order chi connectivity index (χ1) is 10.1. The van der Waals surface area contributed by atoms with Gasteiger partial charge in [0.2, 0.25) is 5.91 Å². The largest absolute Gasteiger partial charge is 0.351 e. The van der Waals surface area contributed by atoms with Gasteiger partial charge in [0, 0.05) is 16.3 Å². The molecule has 1 aliphatic heterocycles. The number of thiophene rings is 2. The lowest BCUT2D eigenvalue weighted by Gasteiger charge is -2.34. The summed E-state index contributed by atoms with van der Waals surface area (Å²) in [7, 11) is 0. The standard InChI is InChI=1S/C14H15N3O2S2/c15-14(19)16-12(18)8-17-5-3-10-9(4-7-21-10)13(17)11-2-1-6-20-11/h1-2,4,6-7,13H,3,5,8H2,(H3,15,16,18,19). The number of carbonyl (C=O) groups excluding carboxylic acids is 2. The Kier molecular flexibility index (Phi) is 4.05. The highest BCUT2D eigenvalue weighted by Crippen LogP contribution is 2.39. The number of nitrogens with one attached hydrogen (secondary N) is 1. The summed E-state index contributed by atoms with van der Waals surface area (Å²) in [5.41, 5.74) is 6.27. The van der Waals surface area contributed by atoms with Crippen molar-refractivity contribution in [2.45, 2.75) is 12.5 Å². The Morgan fingerprint density at radius 2 is 2.19 bits per heavy atom. The molecule has 0 radical (unpaired) electrons. The zero-order valence-corrected chi connectivity index (χ0v) is 12.9. The summed E-state index contributed by atoms with van der Waals surface area (Å²) in [6.45, 7) is 0.961. The highest BCUT2D eigenvalue weighted by atomic mass is 32.1. The molecule has 0 saturated carbocycles. The molecule has 0 aliphatic carbocycles. The maximum Gasteiger partial charge on any atom is 0.318 e. The summed E-state index contributed by atoms with van der Waals surface area (Å²) >= 11 is 3.44. The number of hydrogen-bond acceptors (Lipinski definition) is 5. The summed E-state index contributed by atoms with van der Waals surface area (Å²) in [6, 6.07) is 5.51. The summed E-state index contributed by atoms with van der Waals surface area (Å²) in [5.74, 6) is -0.359. The predicted octanol–water partition coefficient (Wildman–Crippen LogP) is 1.95. The number of nitrogens with zero attached hydrogens (tertiary/aromatic N) is 1. The first-order valence-corrected chi connectivity index (χ1v) is 8.34. The van der Waals surface area contributed by atoms with E-state index in [9.17, 15) is 9.59 Å². The van der Waals surface area contributed by atoms with E-state index in [1.54, 1.807) is 22.7 Å². The third-order valence-electron chi connectivity index (χ3n) is 3.49. The van der Waals surface area contributed by atoms with Crippen LogP contribution in [0.1, 0.15) is 21.4 Å². The van der Waals surface area contributed by atoms with Crippen molar-refractivity contribution in [2.24, 2.45) is 5.73 Å². The smallest absolute Gasteiger partial charge is 0.318 e. The van der Waals surface area contributed by atoms with Crippen molar-refractivity contribution in [3.05, 3.63) is 44.3 Å². The number of carbonyl (C=O) groups is 2. The van der Waals surface area contributed by atoms with Crippen LogP contribution in [0.2, 0.25) is 0 Å². The lowest BCUT2D eigenvalue weighted by atomic mass is 9.98. The van der Waals surface area contributed by atoms with Crippen LogP contribution in [0.5, 0.6) is 0 Å². The zero-order chi connectivity index (χ0) is 14.8. The topological polar surface area (TPSA) is 75.4 Å². The van der Waals surface area contributed by atoms with Gasteiger partial charge in [-0.1, -0.05) is 6.07 Å². The predicted molar refractivity (Wildman–Crippen MR) is 83.5 cm³/mol. The second-order valence-corrected chi connectivity index (χ2v) is 6.83. The van der Waals surface area contributed by atoms with Crippen LogP contribution in [0.4, 0.5) is 4.79 Å². The SMILES string of the molecule is NC(=O)NC(=O)CN1CCc2sccc2C1c1cccs1. The highest BCUT2D eigenvalue weighted by Gasteiger charge is 2.31. The highest BCUT2D eigenvalue weighted by molar-refractivity contribution is 7.10. The van der Waals surface area contributed by atoms with Crippen LogP contribution < -0.4 is 11.1 Å². The van der Waals surface area contributed by atoms with Gasteiger partial charge < -0.3 is 5.73 Å². The number of rotatable bonds is 3. The van der Waals surface area contributed by atoms with Gasteiger partial charge in [-0.25, -0.2) is 4.79 Å². The second-order valence-electron chi connectivity index (χ2n) is 4.85. The van der Waals surface area contributed by atoms with Crippen molar-refractivity contribution in [2.75, 3.05) is 13.1 Å². The molecule has 1 aliphatic rings. The minimum absolute atomic E-state index is 0.0821.